The number of pyridine rings is 1. The van der Waals surface area contributed by atoms with E-state index in [1.807, 2.05) is 30.3 Å². The predicted molar refractivity (Wildman–Crippen MR) is 80.8 cm³/mol. The average Bonchev–Trinajstić information content (AvgIpc) is 2.47. The smallest absolute Gasteiger partial charge is 0.258 e. The average molecular weight is 280 g/mol. The lowest BCUT2D eigenvalue weighted by atomic mass is 10.1. The Morgan fingerprint density at radius 1 is 1.14 bits per heavy atom. The SMILES string of the molecule is Cc1ccc(C(=O)Nc2cnc3ccccc3c2)c(F)c1. The molecular formula is C17H13FN2O. The van der Waals surface area contributed by atoms with Gasteiger partial charge in [0.25, 0.3) is 5.91 Å². The van der Waals surface area contributed by atoms with E-state index in [1.54, 1.807) is 19.2 Å². The first kappa shape index (κ1) is 13.2. The van der Waals surface area contributed by atoms with E-state index < -0.39 is 11.7 Å². The highest BCUT2D eigenvalue weighted by molar-refractivity contribution is 6.05. The van der Waals surface area contributed by atoms with Crippen molar-refractivity contribution in [2.24, 2.45) is 0 Å². The van der Waals surface area contributed by atoms with Gasteiger partial charge in [0.1, 0.15) is 5.82 Å². The van der Waals surface area contributed by atoms with Crippen molar-refractivity contribution in [3.05, 3.63) is 71.7 Å². The first-order valence-electron chi connectivity index (χ1n) is 6.56. The molecule has 104 valence electrons. The first-order valence-corrected chi connectivity index (χ1v) is 6.56. The van der Waals surface area contributed by atoms with E-state index in [4.69, 9.17) is 0 Å². The largest absolute Gasteiger partial charge is 0.320 e. The van der Waals surface area contributed by atoms with Crippen molar-refractivity contribution < 1.29 is 9.18 Å². The van der Waals surface area contributed by atoms with E-state index in [9.17, 15) is 9.18 Å². The van der Waals surface area contributed by atoms with Gasteiger partial charge in [0.05, 0.1) is 23.0 Å². The summed E-state index contributed by atoms with van der Waals surface area (Å²) in [4.78, 5) is 16.4. The molecule has 0 aliphatic rings. The number of aromatic nitrogens is 1. The highest BCUT2D eigenvalue weighted by Crippen LogP contribution is 2.18. The zero-order valence-corrected chi connectivity index (χ0v) is 11.4. The minimum atomic E-state index is -0.527. The Balaban J connectivity index is 1.89. The topological polar surface area (TPSA) is 42.0 Å². The Morgan fingerprint density at radius 2 is 1.95 bits per heavy atom. The van der Waals surface area contributed by atoms with Gasteiger partial charge in [0.2, 0.25) is 0 Å². The minimum absolute atomic E-state index is 0.0220. The summed E-state index contributed by atoms with van der Waals surface area (Å²) >= 11 is 0. The molecule has 0 radical (unpaired) electrons. The summed E-state index contributed by atoms with van der Waals surface area (Å²) < 4.78 is 13.8. The summed E-state index contributed by atoms with van der Waals surface area (Å²) in [6, 6.07) is 13.9. The van der Waals surface area contributed by atoms with Crippen molar-refractivity contribution in [2.45, 2.75) is 6.92 Å². The maximum Gasteiger partial charge on any atom is 0.258 e. The van der Waals surface area contributed by atoms with Gasteiger partial charge < -0.3 is 5.32 Å². The molecule has 0 aliphatic carbocycles. The molecule has 1 amide bonds. The normalized spacial score (nSPS) is 10.6. The molecule has 4 heteroatoms. The molecule has 1 N–H and O–H groups in total. The summed E-state index contributed by atoms with van der Waals surface area (Å²) in [5, 5.41) is 3.59. The van der Waals surface area contributed by atoms with Crippen LogP contribution in [0.2, 0.25) is 0 Å². The Bertz CT molecular complexity index is 830. The van der Waals surface area contributed by atoms with E-state index >= 15 is 0 Å². The number of fused-ring (bicyclic) bond motifs is 1. The van der Waals surface area contributed by atoms with Crippen molar-refractivity contribution in [3.63, 3.8) is 0 Å². The van der Waals surface area contributed by atoms with E-state index in [-0.39, 0.29) is 5.56 Å². The lowest BCUT2D eigenvalue weighted by Gasteiger charge is -2.07. The molecule has 0 atom stereocenters. The number of hydrogen-bond acceptors (Lipinski definition) is 2. The summed E-state index contributed by atoms with van der Waals surface area (Å²) in [5.41, 5.74) is 2.18. The number of halogens is 1. The fourth-order valence-corrected chi connectivity index (χ4v) is 2.14. The van der Waals surface area contributed by atoms with Gasteiger partial charge in [-0.2, -0.15) is 0 Å². The fraction of sp³-hybridized carbons (Fsp3) is 0.0588. The fourth-order valence-electron chi connectivity index (χ4n) is 2.14. The van der Waals surface area contributed by atoms with Crippen LogP contribution in [0.25, 0.3) is 10.9 Å². The molecule has 0 saturated carbocycles. The van der Waals surface area contributed by atoms with E-state index in [2.05, 4.69) is 10.3 Å². The number of anilines is 1. The number of amides is 1. The Hall–Kier alpha value is -2.75. The monoisotopic (exact) mass is 280 g/mol. The molecule has 1 heterocycles. The number of rotatable bonds is 2. The van der Waals surface area contributed by atoms with E-state index in [1.165, 1.54) is 12.1 Å². The molecule has 3 aromatic rings. The Morgan fingerprint density at radius 3 is 2.76 bits per heavy atom. The summed E-state index contributed by atoms with van der Waals surface area (Å²) in [7, 11) is 0. The lowest BCUT2D eigenvalue weighted by molar-refractivity contribution is 0.102. The molecule has 1 aromatic heterocycles. The van der Waals surface area contributed by atoms with Crippen LogP contribution in [0.4, 0.5) is 10.1 Å². The standard InChI is InChI=1S/C17H13FN2O/c1-11-6-7-14(15(18)8-11)17(21)20-13-9-12-4-2-3-5-16(12)19-10-13/h2-10H,1H3,(H,20,21). The molecule has 3 rings (SSSR count). The highest BCUT2D eigenvalue weighted by Gasteiger charge is 2.12. The second-order valence-electron chi connectivity index (χ2n) is 4.85. The maximum atomic E-state index is 13.8. The molecule has 21 heavy (non-hydrogen) atoms. The number of nitrogens with one attached hydrogen (secondary N) is 1. The third-order valence-corrected chi connectivity index (χ3v) is 3.22. The van der Waals surface area contributed by atoms with Gasteiger partial charge in [-0.05, 0) is 36.8 Å². The zero-order valence-electron chi connectivity index (χ0n) is 11.4. The predicted octanol–water partition coefficient (Wildman–Crippen LogP) is 3.93. The number of carbonyl (C=O) groups excluding carboxylic acids is 1. The first-order chi connectivity index (χ1) is 10.1. The quantitative estimate of drug-likeness (QED) is 0.772. The molecule has 0 aliphatic heterocycles. The van der Waals surface area contributed by atoms with Crippen LogP contribution in [0.5, 0.6) is 0 Å². The number of carbonyl (C=O) groups is 1. The lowest BCUT2D eigenvalue weighted by Crippen LogP contribution is -2.14. The molecule has 3 nitrogen and oxygen atoms in total. The zero-order chi connectivity index (χ0) is 14.8. The summed E-state index contributed by atoms with van der Waals surface area (Å²) in [6.07, 6.45) is 1.56. The van der Waals surface area contributed by atoms with Crippen LogP contribution >= 0.6 is 0 Å². The van der Waals surface area contributed by atoms with Crippen molar-refractivity contribution in [1.29, 1.82) is 0 Å². The van der Waals surface area contributed by atoms with Crippen molar-refractivity contribution in [2.75, 3.05) is 5.32 Å². The Labute approximate surface area is 121 Å². The second kappa shape index (κ2) is 5.32. The van der Waals surface area contributed by atoms with Crippen LogP contribution in [-0.2, 0) is 0 Å². The van der Waals surface area contributed by atoms with Crippen LogP contribution in [0, 0.1) is 12.7 Å². The van der Waals surface area contributed by atoms with E-state index in [0.29, 0.717) is 5.69 Å². The van der Waals surface area contributed by atoms with Gasteiger partial charge in [0.15, 0.2) is 0 Å². The molecule has 2 aromatic carbocycles. The van der Waals surface area contributed by atoms with Crippen LogP contribution in [0.3, 0.4) is 0 Å². The number of aryl methyl sites for hydroxylation is 1. The van der Waals surface area contributed by atoms with Crippen LogP contribution < -0.4 is 5.32 Å². The summed E-state index contributed by atoms with van der Waals surface area (Å²) in [6.45, 7) is 1.78. The molecular weight excluding hydrogens is 267 g/mol. The third-order valence-electron chi connectivity index (χ3n) is 3.22. The van der Waals surface area contributed by atoms with Crippen LogP contribution in [0.15, 0.2) is 54.7 Å². The molecule has 0 saturated heterocycles. The number of hydrogen-bond donors (Lipinski definition) is 1. The number of benzene rings is 2. The van der Waals surface area contributed by atoms with Crippen molar-refractivity contribution >= 4 is 22.5 Å². The Kier molecular flexibility index (Phi) is 3.36. The second-order valence-corrected chi connectivity index (χ2v) is 4.85. The summed E-state index contributed by atoms with van der Waals surface area (Å²) in [5.74, 6) is -1.01. The third kappa shape index (κ3) is 2.74. The molecule has 0 bridgehead atoms. The molecule has 0 unspecified atom stereocenters. The minimum Gasteiger partial charge on any atom is -0.320 e. The highest BCUT2D eigenvalue weighted by atomic mass is 19.1. The van der Waals surface area contributed by atoms with Gasteiger partial charge in [-0.1, -0.05) is 24.3 Å². The van der Waals surface area contributed by atoms with Gasteiger partial charge in [-0.3, -0.25) is 9.78 Å². The van der Waals surface area contributed by atoms with Gasteiger partial charge in [0, 0.05) is 5.39 Å². The number of nitrogens with zero attached hydrogens (tertiary/aromatic N) is 1. The van der Waals surface area contributed by atoms with Crippen molar-refractivity contribution in [1.82, 2.24) is 4.98 Å². The van der Waals surface area contributed by atoms with Gasteiger partial charge in [-0.15, -0.1) is 0 Å². The van der Waals surface area contributed by atoms with E-state index in [0.717, 1.165) is 16.5 Å². The van der Waals surface area contributed by atoms with Crippen LogP contribution in [0.1, 0.15) is 15.9 Å². The molecule has 0 fully saturated rings. The molecule has 0 spiro atoms. The van der Waals surface area contributed by atoms with Crippen molar-refractivity contribution in [3.8, 4) is 0 Å². The number of para-hydroxylation sites is 1. The maximum absolute atomic E-state index is 13.8. The van der Waals surface area contributed by atoms with Gasteiger partial charge in [-0.25, -0.2) is 4.39 Å². The van der Waals surface area contributed by atoms with Gasteiger partial charge >= 0.3 is 0 Å². The van der Waals surface area contributed by atoms with Crippen LogP contribution in [-0.4, -0.2) is 10.9 Å².